The van der Waals surface area contributed by atoms with Crippen LogP contribution >= 0.6 is 0 Å². The number of methoxy groups -OCH3 is 1. The molecule has 0 fully saturated rings. The second-order valence-corrected chi connectivity index (χ2v) is 7.44. The van der Waals surface area contributed by atoms with Crippen molar-refractivity contribution in [1.82, 2.24) is 9.88 Å². The fourth-order valence-electron chi connectivity index (χ4n) is 4.17. The summed E-state index contributed by atoms with van der Waals surface area (Å²) >= 11 is 0. The molecule has 164 valence electrons. The van der Waals surface area contributed by atoms with Crippen molar-refractivity contribution < 1.29 is 31.8 Å². The highest BCUT2D eigenvalue weighted by Gasteiger charge is 2.32. The standard InChI is InChI=1S/C22H20F4N2O3/c1-30-21(29)27-15-5-7-19-17(10-15)18-11-16(31-22(24,25)26)6-8-20(18)28(19)12-13-3-2-4-14(23)9-13/h2-4,6,8-9,11,15H,5,7,10,12H2,1H3,(H,27,29). The van der Waals surface area contributed by atoms with E-state index in [1.165, 1.54) is 31.4 Å². The van der Waals surface area contributed by atoms with Crippen LogP contribution in [-0.4, -0.2) is 30.2 Å². The molecule has 9 heteroatoms. The van der Waals surface area contributed by atoms with Crippen LogP contribution in [0.25, 0.3) is 10.9 Å². The van der Waals surface area contributed by atoms with Gasteiger partial charge < -0.3 is 19.4 Å². The van der Waals surface area contributed by atoms with Crippen molar-refractivity contribution in [2.75, 3.05) is 7.11 Å². The lowest BCUT2D eigenvalue weighted by molar-refractivity contribution is -0.274. The molecule has 3 aromatic rings. The molecule has 1 aromatic heterocycles. The van der Waals surface area contributed by atoms with Gasteiger partial charge in [-0.2, -0.15) is 0 Å². The van der Waals surface area contributed by atoms with Crippen molar-refractivity contribution in [2.45, 2.75) is 38.2 Å². The first-order valence-electron chi connectivity index (χ1n) is 9.72. The van der Waals surface area contributed by atoms with Crippen LogP contribution in [0.1, 0.15) is 23.2 Å². The molecule has 1 N–H and O–H groups in total. The molecule has 0 saturated carbocycles. The van der Waals surface area contributed by atoms with Crippen molar-refractivity contribution in [3.05, 3.63) is 65.1 Å². The number of carbonyl (C=O) groups is 1. The summed E-state index contributed by atoms with van der Waals surface area (Å²) in [6, 6.07) is 10.2. The summed E-state index contributed by atoms with van der Waals surface area (Å²) in [5.74, 6) is -0.667. The monoisotopic (exact) mass is 436 g/mol. The summed E-state index contributed by atoms with van der Waals surface area (Å²) in [4.78, 5) is 11.6. The van der Waals surface area contributed by atoms with Crippen LogP contribution in [0.4, 0.5) is 22.4 Å². The average molecular weight is 436 g/mol. The molecule has 0 bridgehead atoms. The second-order valence-electron chi connectivity index (χ2n) is 7.44. The van der Waals surface area contributed by atoms with Crippen molar-refractivity contribution >= 4 is 17.0 Å². The van der Waals surface area contributed by atoms with Crippen LogP contribution in [0.15, 0.2) is 42.5 Å². The van der Waals surface area contributed by atoms with Crippen LogP contribution in [0.5, 0.6) is 5.75 Å². The summed E-state index contributed by atoms with van der Waals surface area (Å²) in [6.45, 7) is 0.373. The Morgan fingerprint density at radius 3 is 2.74 bits per heavy atom. The average Bonchev–Trinajstić information content (AvgIpc) is 2.99. The van der Waals surface area contributed by atoms with Gasteiger partial charge in [-0.1, -0.05) is 12.1 Å². The number of benzene rings is 2. The molecule has 0 aliphatic heterocycles. The lowest BCUT2D eigenvalue weighted by Crippen LogP contribution is -2.38. The molecule has 1 aliphatic rings. The van der Waals surface area contributed by atoms with E-state index in [-0.39, 0.29) is 17.6 Å². The maximum Gasteiger partial charge on any atom is 0.573 e. The fraction of sp³-hybridized carbons (Fsp3) is 0.318. The quantitative estimate of drug-likeness (QED) is 0.590. The molecule has 0 spiro atoms. The molecule has 4 rings (SSSR count). The van der Waals surface area contributed by atoms with E-state index in [2.05, 4.69) is 14.8 Å². The van der Waals surface area contributed by atoms with Gasteiger partial charge in [-0.15, -0.1) is 13.2 Å². The maximum atomic E-state index is 13.7. The van der Waals surface area contributed by atoms with Crippen LogP contribution < -0.4 is 10.1 Å². The van der Waals surface area contributed by atoms with Gasteiger partial charge in [-0.05, 0) is 60.7 Å². The number of ether oxygens (including phenoxy) is 2. The minimum absolute atomic E-state index is 0.208. The first-order chi connectivity index (χ1) is 14.7. The number of carbonyl (C=O) groups excluding carboxylic acids is 1. The zero-order chi connectivity index (χ0) is 22.2. The van der Waals surface area contributed by atoms with E-state index in [9.17, 15) is 22.4 Å². The van der Waals surface area contributed by atoms with Crippen molar-refractivity contribution in [2.24, 2.45) is 0 Å². The number of fused-ring (bicyclic) bond motifs is 3. The lowest BCUT2D eigenvalue weighted by Gasteiger charge is -2.24. The summed E-state index contributed by atoms with van der Waals surface area (Å²) in [5.41, 5.74) is 3.26. The largest absolute Gasteiger partial charge is 0.573 e. The number of nitrogens with zero attached hydrogens (tertiary/aromatic N) is 1. The van der Waals surface area contributed by atoms with Crippen LogP contribution in [0, 0.1) is 5.82 Å². The summed E-state index contributed by atoms with van der Waals surface area (Å²) in [7, 11) is 1.27. The van der Waals surface area contributed by atoms with Gasteiger partial charge in [-0.3, -0.25) is 0 Å². The second kappa shape index (κ2) is 8.13. The molecular weight excluding hydrogens is 416 g/mol. The van der Waals surface area contributed by atoms with E-state index in [0.717, 1.165) is 22.3 Å². The van der Waals surface area contributed by atoms with Gasteiger partial charge in [0.25, 0.3) is 0 Å². The highest BCUT2D eigenvalue weighted by molar-refractivity contribution is 5.87. The van der Waals surface area contributed by atoms with E-state index in [1.54, 1.807) is 18.2 Å². The molecule has 5 nitrogen and oxygen atoms in total. The van der Waals surface area contributed by atoms with E-state index in [0.29, 0.717) is 31.2 Å². The van der Waals surface area contributed by atoms with Gasteiger partial charge in [0.15, 0.2) is 0 Å². The molecule has 0 saturated heterocycles. The number of hydrogen-bond donors (Lipinski definition) is 1. The Morgan fingerprint density at radius 2 is 2.03 bits per heavy atom. The number of aromatic nitrogens is 1. The molecule has 1 aliphatic carbocycles. The Hall–Kier alpha value is -3.23. The smallest absolute Gasteiger partial charge is 0.453 e. The Balaban J connectivity index is 1.77. The number of alkyl halides is 3. The topological polar surface area (TPSA) is 52.5 Å². The first-order valence-corrected chi connectivity index (χ1v) is 9.72. The third kappa shape index (κ3) is 4.60. The SMILES string of the molecule is COC(=O)NC1CCc2c(c3cc(OC(F)(F)F)ccc3n2Cc2cccc(F)c2)C1. The molecular formula is C22H20F4N2O3. The molecule has 1 unspecified atom stereocenters. The Morgan fingerprint density at radius 1 is 1.23 bits per heavy atom. The number of amides is 1. The summed E-state index contributed by atoms with van der Waals surface area (Å²) in [6.07, 6.45) is -3.67. The van der Waals surface area contributed by atoms with Crippen LogP contribution in [-0.2, 0) is 24.1 Å². The Labute approximate surface area is 175 Å². The van der Waals surface area contributed by atoms with Gasteiger partial charge in [0, 0.05) is 29.2 Å². The third-order valence-corrected chi connectivity index (χ3v) is 5.41. The van der Waals surface area contributed by atoms with Gasteiger partial charge in [-0.25, -0.2) is 9.18 Å². The van der Waals surface area contributed by atoms with Crippen molar-refractivity contribution in [3.8, 4) is 5.75 Å². The van der Waals surface area contributed by atoms with Crippen molar-refractivity contribution in [1.29, 1.82) is 0 Å². The predicted molar refractivity (Wildman–Crippen MR) is 105 cm³/mol. The maximum absolute atomic E-state index is 13.7. The number of halogens is 4. The highest BCUT2D eigenvalue weighted by Crippen LogP contribution is 2.36. The lowest BCUT2D eigenvalue weighted by atomic mass is 9.91. The van der Waals surface area contributed by atoms with Crippen molar-refractivity contribution in [3.63, 3.8) is 0 Å². The van der Waals surface area contributed by atoms with Gasteiger partial charge >= 0.3 is 12.5 Å². The molecule has 1 amide bonds. The number of rotatable bonds is 4. The fourth-order valence-corrected chi connectivity index (χ4v) is 4.17. The van der Waals surface area contributed by atoms with E-state index in [4.69, 9.17) is 0 Å². The first kappa shape index (κ1) is 21.0. The van der Waals surface area contributed by atoms with Gasteiger partial charge in [0.2, 0.25) is 0 Å². The number of alkyl carbamates (subject to hydrolysis) is 1. The number of hydrogen-bond acceptors (Lipinski definition) is 3. The molecule has 31 heavy (non-hydrogen) atoms. The van der Waals surface area contributed by atoms with Crippen LogP contribution in [0.3, 0.4) is 0 Å². The number of nitrogens with one attached hydrogen (secondary N) is 1. The molecule has 1 atom stereocenters. The van der Waals surface area contributed by atoms with Crippen LogP contribution in [0.2, 0.25) is 0 Å². The predicted octanol–water partition coefficient (Wildman–Crippen LogP) is 4.94. The van der Waals surface area contributed by atoms with E-state index < -0.39 is 12.5 Å². The zero-order valence-electron chi connectivity index (χ0n) is 16.6. The third-order valence-electron chi connectivity index (χ3n) is 5.41. The van der Waals surface area contributed by atoms with Gasteiger partial charge in [0.05, 0.1) is 7.11 Å². The zero-order valence-corrected chi connectivity index (χ0v) is 16.6. The Bertz CT molecular complexity index is 1120. The summed E-state index contributed by atoms with van der Waals surface area (Å²) in [5, 5.41) is 3.38. The molecule has 0 radical (unpaired) electrons. The molecule has 1 heterocycles. The van der Waals surface area contributed by atoms with Gasteiger partial charge in [0.1, 0.15) is 11.6 Å². The van der Waals surface area contributed by atoms with E-state index >= 15 is 0 Å². The minimum Gasteiger partial charge on any atom is -0.453 e. The minimum atomic E-state index is -4.80. The normalized spacial score (nSPS) is 16.1. The highest BCUT2D eigenvalue weighted by atomic mass is 19.4. The Kier molecular flexibility index (Phi) is 5.51. The molecule has 2 aromatic carbocycles. The summed E-state index contributed by atoms with van der Waals surface area (Å²) < 4.78 is 62.6. The van der Waals surface area contributed by atoms with E-state index in [1.807, 2.05) is 4.57 Å².